The van der Waals surface area contributed by atoms with Crippen molar-refractivity contribution in [2.24, 2.45) is 29.6 Å². The highest BCUT2D eigenvalue weighted by Crippen LogP contribution is 2.60. The molecule has 6 rings (SSSR count). The number of nitrogens with zero attached hydrogens (tertiary/aromatic N) is 1. The summed E-state index contributed by atoms with van der Waals surface area (Å²) in [5, 5.41) is 25.7. The van der Waals surface area contributed by atoms with E-state index < -0.39 is 29.6 Å². The van der Waals surface area contributed by atoms with Gasteiger partial charge in [0.25, 0.3) is 0 Å². The van der Waals surface area contributed by atoms with Gasteiger partial charge in [0, 0.05) is 28.8 Å². The molecule has 3 aromatic rings. The van der Waals surface area contributed by atoms with Crippen LogP contribution in [0.15, 0.2) is 78.9 Å². The molecule has 0 unspecified atom stereocenters. The van der Waals surface area contributed by atoms with Crippen molar-refractivity contribution in [2.75, 3.05) is 10.2 Å². The van der Waals surface area contributed by atoms with E-state index in [9.17, 15) is 19.8 Å². The van der Waals surface area contributed by atoms with Gasteiger partial charge in [0.15, 0.2) is 5.79 Å². The molecule has 3 aromatic carbocycles. The van der Waals surface area contributed by atoms with Crippen LogP contribution < -0.4 is 10.2 Å². The third kappa shape index (κ3) is 3.89. The Kier molecular flexibility index (Phi) is 6.00. The van der Waals surface area contributed by atoms with E-state index in [0.717, 1.165) is 11.4 Å². The van der Waals surface area contributed by atoms with Gasteiger partial charge >= 0.3 is 0 Å². The lowest BCUT2D eigenvalue weighted by atomic mass is 9.62. The Balaban J connectivity index is 1.31. The van der Waals surface area contributed by atoms with E-state index in [1.165, 1.54) is 4.90 Å². The largest absolute Gasteiger partial charge is 0.508 e. The van der Waals surface area contributed by atoms with Gasteiger partial charge in [0.05, 0.1) is 23.6 Å². The molecule has 0 aromatic heterocycles. The van der Waals surface area contributed by atoms with Crippen LogP contribution in [0, 0.1) is 29.6 Å². The Bertz CT molecular complexity index is 1360. The SMILES string of the molecule is CC(C)[C@H]1C[C@@H]2C(=O)N(c3ccc(Nc4ccccc4)cc3)C(=O)[C@@H]2[C@@H]2C[C@@H](c3ccccc3O)O[C@]12O. The number of para-hydroxylation sites is 2. The number of aliphatic hydroxyl groups is 1. The number of carbonyl (C=O) groups excluding carboxylic acids is 2. The van der Waals surface area contributed by atoms with Crippen LogP contribution in [0.1, 0.15) is 38.4 Å². The Labute approximate surface area is 222 Å². The van der Waals surface area contributed by atoms with Crippen LogP contribution >= 0.6 is 0 Å². The number of rotatable bonds is 5. The van der Waals surface area contributed by atoms with Crippen LogP contribution in [0.2, 0.25) is 0 Å². The maximum absolute atomic E-state index is 13.9. The number of hydrogen-bond acceptors (Lipinski definition) is 6. The fraction of sp³-hybridized carbons (Fsp3) is 0.355. The molecule has 6 atom stereocenters. The predicted molar refractivity (Wildman–Crippen MR) is 144 cm³/mol. The molecule has 7 nitrogen and oxygen atoms in total. The lowest BCUT2D eigenvalue weighted by Gasteiger charge is -2.46. The van der Waals surface area contributed by atoms with Gasteiger partial charge < -0.3 is 20.3 Å². The normalized spacial score (nSPS) is 30.4. The van der Waals surface area contributed by atoms with Crippen molar-refractivity contribution in [3.8, 4) is 5.75 Å². The van der Waals surface area contributed by atoms with Gasteiger partial charge in [-0.15, -0.1) is 0 Å². The van der Waals surface area contributed by atoms with Gasteiger partial charge in [-0.2, -0.15) is 0 Å². The summed E-state index contributed by atoms with van der Waals surface area (Å²) >= 11 is 0. The summed E-state index contributed by atoms with van der Waals surface area (Å²) in [7, 11) is 0. The molecule has 2 heterocycles. The standard InChI is InChI=1S/C31H32N2O5/c1-18(2)24-16-23-28(25-17-27(38-31(24,25)37)22-10-6-7-11-26(22)34)30(36)33(29(23)35)21-14-12-20(13-15-21)32-19-8-4-3-5-9-19/h3-15,18,23-25,27-28,32,34,37H,16-17H2,1-2H3/t23-,24+,25-,27-,28-,31+/m0/s1. The number of imide groups is 1. The van der Waals surface area contributed by atoms with Gasteiger partial charge in [0.2, 0.25) is 11.8 Å². The minimum Gasteiger partial charge on any atom is -0.508 e. The summed E-state index contributed by atoms with van der Waals surface area (Å²) in [5.74, 6) is -4.02. The van der Waals surface area contributed by atoms with Crippen LogP contribution in [0.4, 0.5) is 17.1 Å². The van der Waals surface area contributed by atoms with Crippen LogP contribution in [-0.4, -0.2) is 27.8 Å². The quantitative estimate of drug-likeness (QED) is 0.397. The molecule has 2 saturated heterocycles. The number of benzene rings is 3. The smallest absolute Gasteiger partial charge is 0.238 e. The average Bonchev–Trinajstić information content (AvgIpc) is 3.38. The first-order valence-electron chi connectivity index (χ1n) is 13.3. The third-order valence-corrected chi connectivity index (χ3v) is 8.56. The zero-order valence-electron chi connectivity index (χ0n) is 21.5. The minimum atomic E-state index is -1.56. The molecule has 3 fully saturated rings. The molecular formula is C31H32N2O5. The number of anilines is 3. The summed E-state index contributed by atoms with van der Waals surface area (Å²) < 4.78 is 6.30. The zero-order valence-corrected chi connectivity index (χ0v) is 21.5. The number of amides is 2. The topological polar surface area (TPSA) is 99.1 Å². The van der Waals surface area contributed by atoms with E-state index in [1.54, 1.807) is 30.3 Å². The molecule has 7 heteroatoms. The highest BCUT2D eigenvalue weighted by atomic mass is 16.6. The number of hydrogen-bond donors (Lipinski definition) is 3. The van der Waals surface area contributed by atoms with Gasteiger partial charge in [0.1, 0.15) is 5.75 Å². The molecule has 1 saturated carbocycles. The van der Waals surface area contributed by atoms with Crippen LogP contribution in [0.25, 0.3) is 0 Å². The maximum Gasteiger partial charge on any atom is 0.238 e. The summed E-state index contributed by atoms with van der Waals surface area (Å²) in [4.78, 5) is 28.9. The Hall–Kier alpha value is -3.68. The number of nitrogens with one attached hydrogen (secondary N) is 1. The van der Waals surface area contributed by atoms with Crippen molar-refractivity contribution in [1.82, 2.24) is 0 Å². The maximum atomic E-state index is 13.9. The van der Waals surface area contributed by atoms with Crippen molar-refractivity contribution in [3.63, 3.8) is 0 Å². The summed E-state index contributed by atoms with van der Waals surface area (Å²) in [6.07, 6.45) is 0.162. The molecule has 1 aliphatic carbocycles. The van der Waals surface area contributed by atoms with E-state index in [4.69, 9.17) is 4.74 Å². The monoisotopic (exact) mass is 512 g/mol. The second-order valence-corrected chi connectivity index (χ2v) is 11.0. The van der Waals surface area contributed by atoms with Crippen LogP contribution in [0.3, 0.4) is 0 Å². The number of aromatic hydroxyl groups is 1. The van der Waals surface area contributed by atoms with Gasteiger partial charge in [-0.3, -0.25) is 14.5 Å². The predicted octanol–water partition coefficient (Wildman–Crippen LogP) is 5.38. The third-order valence-electron chi connectivity index (χ3n) is 8.56. The Morgan fingerprint density at radius 2 is 1.55 bits per heavy atom. The van der Waals surface area contributed by atoms with Crippen molar-refractivity contribution in [3.05, 3.63) is 84.4 Å². The van der Waals surface area contributed by atoms with Gasteiger partial charge in [-0.1, -0.05) is 50.2 Å². The summed E-state index contributed by atoms with van der Waals surface area (Å²) in [6.45, 7) is 4.02. The van der Waals surface area contributed by atoms with Gasteiger partial charge in [-0.25, -0.2) is 0 Å². The highest BCUT2D eigenvalue weighted by molar-refractivity contribution is 6.22. The fourth-order valence-electron chi connectivity index (χ4n) is 6.76. The zero-order chi connectivity index (χ0) is 26.6. The molecule has 38 heavy (non-hydrogen) atoms. The number of fused-ring (bicyclic) bond motifs is 3. The first kappa shape index (κ1) is 24.6. The second kappa shape index (κ2) is 9.26. The molecule has 3 aliphatic rings. The number of phenolic OH excluding ortho intramolecular Hbond substituents is 1. The first-order valence-corrected chi connectivity index (χ1v) is 13.3. The molecule has 0 radical (unpaired) electrons. The van der Waals surface area contributed by atoms with Crippen molar-refractivity contribution in [1.29, 1.82) is 0 Å². The molecular weight excluding hydrogens is 480 g/mol. The molecule has 2 aliphatic heterocycles. The van der Waals surface area contributed by atoms with Crippen molar-refractivity contribution < 1.29 is 24.5 Å². The minimum absolute atomic E-state index is 0.0341. The van der Waals surface area contributed by atoms with E-state index in [-0.39, 0.29) is 29.4 Å². The average molecular weight is 513 g/mol. The lowest BCUT2D eigenvalue weighted by Crippen LogP contribution is -2.55. The number of ether oxygens (including phenoxy) is 1. The van der Waals surface area contributed by atoms with Crippen LogP contribution in [-0.2, 0) is 14.3 Å². The first-order chi connectivity index (χ1) is 18.3. The van der Waals surface area contributed by atoms with Crippen molar-refractivity contribution in [2.45, 2.75) is 38.6 Å². The lowest BCUT2D eigenvalue weighted by molar-refractivity contribution is -0.276. The molecule has 0 spiro atoms. The Morgan fingerprint density at radius 3 is 2.24 bits per heavy atom. The fourth-order valence-corrected chi connectivity index (χ4v) is 6.76. The molecule has 0 bridgehead atoms. The van der Waals surface area contributed by atoms with E-state index >= 15 is 0 Å². The Morgan fingerprint density at radius 1 is 0.895 bits per heavy atom. The van der Waals surface area contributed by atoms with E-state index in [0.29, 0.717) is 24.1 Å². The van der Waals surface area contributed by atoms with E-state index in [2.05, 4.69) is 5.32 Å². The van der Waals surface area contributed by atoms with Crippen molar-refractivity contribution >= 4 is 28.9 Å². The number of carbonyl (C=O) groups is 2. The second-order valence-electron chi connectivity index (χ2n) is 11.0. The highest BCUT2D eigenvalue weighted by Gasteiger charge is 2.67. The van der Waals surface area contributed by atoms with Crippen LogP contribution in [0.5, 0.6) is 5.75 Å². The molecule has 3 N–H and O–H groups in total. The molecule has 196 valence electrons. The number of phenols is 1. The summed E-state index contributed by atoms with van der Waals surface area (Å²) in [6, 6.07) is 24.0. The summed E-state index contributed by atoms with van der Waals surface area (Å²) in [5.41, 5.74) is 2.90. The molecule has 2 amide bonds. The van der Waals surface area contributed by atoms with E-state index in [1.807, 2.05) is 62.4 Å². The van der Waals surface area contributed by atoms with Gasteiger partial charge in [-0.05, 0) is 61.2 Å².